The van der Waals surface area contributed by atoms with Crippen LogP contribution in [0.25, 0.3) is 0 Å². The molecule has 0 N–H and O–H groups in total. The van der Waals surface area contributed by atoms with Gasteiger partial charge in [-0.05, 0) is 18.6 Å². The number of rotatable bonds is 5. The van der Waals surface area contributed by atoms with Crippen LogP contribution in [0.3, 0.4) is 0 Å². The molecule has 1 aromatic rings. The second kappa shape index (κ2) is 6.43. The predicted molar refractivity (Wildman–Crippen MR) is 85.1 cm³/mol. The highest BCUT2D eigenvalue weighted by molar-refractivity contribution is 7.93. The normalized spacial score (nSPS) is 25.3. The molecule has 12 heteroatoms. The number of ether oxygens (including phenoxy) is 1. The lowest BCUT2D eigenvalue weighted by molar-refractivity contribution is -0.0532. The van der Waals surface area contributed by atoms with Crippen LogP contribution in [0.15, 0.2) is 24.4 Å². The van der Waals surface area contributed by atoms with Gasteiger partial charge in [0.15, 0.2) is 9.84 Å². The Morgan fingerprint density at radius 2 is 2.00 bits per heavy atom. The van der Waals surface area contributed by atoms with Crippen molar-refractivity contribution in [3.8, 4) is 0 Å². The molecule has 1 aromatic heterocycles. The third-order valence-corrected chi connectivity index (χ3v) is 9.04. The molecule has 2 aliphatic rings. The number of pyridine rings is 1. The van der Waals surface area contributed by atoms with E-state index in [4.69, 9.17) is 4.74 Å². The summed E-state index contributed by atoms with van der Waals surface area (Å²) in [6.07, 6.45) is 1.80. The second-order valence-electron chi connectivity index (χ2n) is 6.42. The first-order valence-corrected chi connectivity index (χ1v) is 10.9. The van der Waals surface area contributed by atoms with Gasteiger partial charge in [-0.3, -0.25) is 4.98 Å². The Hall–Kier alpha value is -1.24. The summed E-state index contributed by atoms with van der Waals surface area (Å²) in [5.41, 5.74) is -4.81. The molecule has 3 rings (SSSR count). The maximum absolute atomic E-state index is 12.6. The smallest absolute Gasteiger partial charge is 0.375 e. The van der Waals surface area contributed by atoms with E-state index in [2.05, 4.69) is 4.98 Å². The zero-order valence-electron chi connectivity index (χ0n) is 13.5. The standard InChI is InChI=1S/C14H17F3N2O5S2/c15-14(16,17)26(22,23)19-9-13(10-19)11(4-6-25(13,20)21)7-24-8-12-3-1-2-5-18-12/h1-3,5,11H,4,6-10H2/t11-/m0/s1. The molecule has 0 amide bonds. The molecule has 3 heterocycles. The van der Waals surface area contributed by atoms with Crippen molar-refractivity contribution in [3.05, 3.63) is 30.1 Å². The average molecular weight is 414 g/mol. The van der Waals surface area contributed by atoms with E-state index in [1.165, 1.54) is 0 Å². The minimum atomic E-state index is -5.52. The van der Waals surface area contributed by atoms with Crippen molar-refractivity contribution in [1.82, 2.24) is 9.29 Å². The fourth-order valence-corrected chi connectivity index (χ4v) is 7.02. The molecular formula is C14H17F3N2O5S2. The molecule has 0 saturated carbocycles. The van der Waals surface area contributed by atoms with Gasteiger partial charge in [-0.1, -0.05) is 6.07 Å². The molecule has 0 unspecified atom stereocenters. The van der Waals surface area contributed by atoms with Crippen LogP contribution in [0.4, 0.5) is 13.2 Å². The van der Waals surface area contributed by atoms with Crippen molar-refractivity contribution in [2.45, 2.75) is 23.3 Å². The highest BCUT2D eigenvalue weighted by Gasteiger charge is 2.67. The summed E-state index contributed by atoms with van der Waals surface area (Å²) in [5.74, 6) is -0.749. The van der Waals surface area contributed by atoms with Crippen molar-refractivity contribution in [1.29, 1.82) is 0 Å². The Balaban J connectivity index is 1.69. The van der Waals surface area contributed by atoms with Crippen LogP contribution in [0.5, 0.6) is 0 Å². The van der Waals surface area contributed by atoms with Crippen molar-refractivity contribution < 1.29 is 34.7 Å². The summed E-state index contributed by atoms with van der Waals surface area (Å²) in [5, 5.41) is 0. The molecule has 1 spiro atoms. The van der Waals surface area contributed by atoms with Gasteiger partial charge in [0.05, 0.1) is 24.7 Å². The summed E-state index contributed by atoms with van der Waals surface area (Å²) in [6, 6.07) is 5.22. The van der Waals surface area contributed by atoms with E-state index in [1.807, 2.05) is 0 Å². The van der Waals surface area contributed by atoms with Crippen LogP contribution in [0.1, 0.15) is 12.1 Å². The SMILES string of the molecule is O=S1(=O)CC[C@@H](COCc2ccccn2)C12CN(S(=O)(=O)C(F)(F)F)C2. The number of aromatic nitrogens is 1. The number of sulfone groups is 1. The van der Waals surface area contributed by atoms with Crippen LogP contribution in [-0.2, 0) is 31.2 Å². The third-order valence-electron chi connectivity index (χ3n) is 4.91. The monoisotopic (exact) mass is 414 g/mol. The fourth-order valence-electron chi connectivity index (χ4n) is 3.36. The van der Waals surface area contributed by atoms with Crippen LogP contribution in [0, 0.1) is 5.92 Å². The largest absolute Gasteiger partial charge is 0.511 e. The highest BCUT2D eigenvalue weighted by Crippen LogP contribution is 2.47. The first-order valence-electron chi connectivity index (χ1n) is 7.76. The van der Waals surface area contributed by atoms with E-state index in [9.17, 15) is 30.0 Å². The molecular weight excluding hydrogens is 397 g/mol. The highest BCUT2D eigenvalue weighted by atomic mass is 32.2. The lowest BCUT2D eigenvalue weighted by atomic mass is 9.85. The summed E-state index contributed by atoms with van der Waals surface area (Å²) < 4.78 is 89.8. The van der Waals surface area contributed by atoms with E-state index in [0.29, 0.717) is 5.69 Å². The molecule has 146 valence electrons. The first-order chi connectivity index (χ1) is 12.0. The van der Waals surface area contributed by atoms with Gasteiger partial charge in [0, 0.05) is 25.2 Å². The minimum absolute atomic E-state index is 0.00963. The molecule has 0 aromatic carbocycles. The quantitative estimate of drug-likeness (QED) is 0.712. The maximum atomic E-state index is 12.6. The first kappa shape index (κ1) is 19.5. The lowest BCUT2D eigenvalue weighted by Gasteiger charge is -2.48. The Morgan fingerprint density at radius 1 is 1.31 bits per heavy atom. The maximum Gasteiger partial charge on any atom is 0.511 e. The number of alkyl halides is 3. The second-order valence-corrected chi connectivity index (χ2v) is 10.8. The summed E-state index contributed by atoms with van der Waals surface area (Å²) in [4.78, 5) is 4.06. The lowest BCUT2D eigenvalue weighted by Crippen LogP contribution is -2.70. The number of hydrogen-bond acceptors (Lipinski definition) is 6. The number of halogens is 3. The van der Waals surface area contributed by atoms with Crippen LogP contribution < -0.4 is 0 Å². The van der Waals surface area contributed by atoms with Crippen molar-refractivity contribution in [2.75, 3.05) is 25.4 Å². The Bertz CT molecular complexity index is 866. The van der Waals surface area contributed by atoms with E-state index in [1.54, 1.807) is 24.4 Å². The van der Waals surface area contributed by atoms with Crippen molar-refractivity contribution in [3.63, 3.8) is 0 Å². The molecule has 2 aliphatic heterocycles. The van der Waals surface area contributed by atoms with E-state index >= 15 is 0 Å². The fraction of sp³-hybridized carbons (Fsp3) is 0.643. The summed E-state index contributed by atoms with van der Waals surface area (Å²) in [6.45, 7) is -1.22. The molecule has 0 aliphatic carbocycles. The molecule has 2 saturated heterocycles. The van der Waals surface area contributed by atoms with E-state index < -0.39 is 49.1 Å². The van der Waals surface area contributed by atoms with Crippen LogP contribution >= 0.6 is 0 Å². The van der Waals surface area contributed by atoms with Crippen molar-refractivity contribution in [2.24, 2.45) is 5.92 Å². The molecule has 1 atom stereocenters. The van der Waals surface area contributed by atoms with E-state index in [-0.39, 0.29) is 29.7 Å². The Kier molecular flexibility index (Phi) is 4.83. The van der Waals surface area contributed by atoms with Gasteiger partial charge in [-0.25, -0.2) is 16.8 Å². The van der Waals surface area contributed by atoms with Gasteiger partial charge in [0.25, 0.3) is 0 Å². The zero-order valence-corrected chi connectivity index (χ0v) is 15.1. The Labute approximate surface area is 149 Å². The van der Waals surface area contributed by atoms with E-state index in [0.717, 1.165) is 0 Å². The number of nitrogens with zero attached hydrogens (tertiary/aromatic N) is 2. The summed E-state index contributed by atoms with van der Waals surface area (Å²) in [7, 11) is -9.22. The van der Waals surface area contributed by atoms with Gasteiger partial charge in [0.1, 0.15) is 4.75 Å². The third kappa shape index (κ3) is 3.12. The Morgan fingerprint density at radius 3 is 2.58 bits per heavy atom. The molecule has 0 bridgehead atoms. The predicted octanol–water partition coefficient (Wildman–Crippen LogP) is 0.937. The van der Waals surface area contributed by atoms with Gasteiger partial charge in [-0.2, -0.15) is 17.5 Å². The van der Waals surface area contributed by atoms with Gasteiger partial charge >= 0.3 is 15.5 Å². The van der Waals surface area contributed by atoms with Crippen molar-refractivity contribution >= 4 is 19.9 Å². The molecule has 0 radical (unpaired) electrons. The number of sulfonamides is 1. The molecule has 26 heavy (non-hydrogen) atoms. The minimum Gasteiger partial charge on any atom is -0.375 e. The van der Waals surface area contributed by atoms with Gasteiger partial charge in [-0.15, -0.1) is 0 Å². The van der Waals surface area contributed by atoms with Gasteiger partial charge in [0.2, 0.25) is 0 Å². The summed E-state index contributed by atoms with van der Waals surface area (Å²) >= 11 is 0. The number of hydrogen-bond donors (Lipinski definition) is 0. The zero-order chi connectivity index (χ0) is 19.2. The molecule has 7 nitrogen and oxygen atoms in total. The average Bonchev–Trinajstić information content (AvgIpc) is 2.76. The van der Waals surface area contributed by atoms with Crippen LogP contribution in [-0.4, -0.2) is 61.8 Å². The molecule has 2 fully saturated rings. The van der Waals surface area contributed by atoms with Crippen LogP contribution in [0.2, 0.25) is 0 Å². The van der Waals surface area contributed by atoms with Gasteiger partial charge < -0.3 is 4.74 Å². The topological polar surface area (TPSA) is 93.6 Å².